The Balaban J connectivity index is 2.06. The van der Waals surface area contributed by atoms with E-state index < -0.39 is 0 Å². The van der Waals surface area contributed by atoms with Crippen LogP contribution in [0.5, 0.6) is 0 Å². The second-order valence-electron chi connectivity index (χ2n) is 8.97. The second kappa shape index (κ2) is 15.0. The first-order chi connectivity index (χ1) is 13.4. The Bertz CT molecular complexity index is 386. The molecule has 0 aromatic carbocycles. The molecule has 0 unspecified atom stereocenters. The molecular weight excluding hydrogens is 351 g/mol. The van der Waals surface area contributed by atoms with Gasteiger partial charge in [-0.1, -0.05) is 89.1 Å². The molecule has 2 aliphatic rings. The third kappa shape index (κ3) is 8.94. The van der Waals surface area contributed by atoms with Crippen molar-refractivity contribution < 1.29 is 4.65 Å². The SMILES string of the molecule is CCCCCC/C=C(\B(OCCCCCl)C1CCCCC1)C1CCCCC1. The second-order valence-corrected chi connectivity index (χ2v) is 9.35. The molecular formula is C24H44BClO. The number of rotatable bonds is 13. The van der Waals surface area contributed by atoms with Crippen molar-refractivity contribution in [3.8, 4) is 0 Å². The molecule has 0 bridgehead atoms. The highest BCUT2D eigenvalue weighted by atomic mass is 35.5. The van der Waals surface area contributed by atoms with E-state index >= 15 is 0 Å². The molecule has 2 fully saturated rings. The predicted molar refractivity (Wildman–Crippen MR) is 122 cm³/mol. The van der Waals surface area contributed by atoms with E-state index in [2.05, 4.69) is 13.0 Å². The van der Waals surface area contributed by atoms with Crippen LogP contribution in [0.3, 0.4) is 0 Å². The van der Waals surface area contributed by atoms with E-state index in [0.29, 0.717) is 6.92 Å². The summed E-state index contributed by atoms with van der Waals surface area (Å²) in [6, 6.07) is 0. The zero-order valence-electron chi connectivity index (χ0n) is 18.0. The highest BCUT2D eigenvalue weighted by molar-refractivity contribution is 6.62. The summed E-state index contributed by atoms with van der Waals surface area (Å²) in [5.41, 5.74) is 1.71. The number of hydrogen-bond acceptors (Lipinski definition) is 1. The van der Waals surface area contributed by atoms with Crippen LogP contribution in [0.2, 0.25) is 5.82 Å². The first-order valence-electron chi connectivity index (χ1n) is 12.2. The number of allylic oxidation sites excluding steroid dienone is 2. The summed E-state index contributed by atoms with van der Waals surface area (Å²) in [4.78, 5) is 0. The standard InChI is InChI=1S/C24H44BClO/c1-2-3-4-5-12-19-24(22-15-8-6-9-16-22)25(27-21-14-13-20-26)23-17-10-7-11-18-23/h19,22-23H,2-18,20-21H2,1H3/b24-19-. The zero-order valence-corrected chi connectivity index (χ0v) is 18.8. The van der Waals surface area contributed by atoms with Gasteiger partial charge in [0.15, 0.2) is 0 Å². The largest absolute Gasteiger partial charge is 0.431 e. The molecule has 3 heteroatoms. The summed E-state index contributed by atoms with van der Waals surface area (Å²) >= 11 is 5.89. The maximum Gasteiger partial charge on any atom is 0.325 e. The summed E-state index contributed by atoms with van der Waals surface area (Å²) in [6.07, 6.45) is 25.6. The molecule has 2 aliphatic carbocycles. The van der Waals surface area contributed by atoms with Crippen molar-refractivity contribution >= 4 is 18.5 Å². The Kier molecular flexibility index (Phi) is 12.9. The van der Waals surface area contributed by atoms with Crippen molar-refractivity contribution in [1.29, 1.82) is 0 Å². The van der Waals surface area contributed by atoms with Crippen LogP contribution in [0.25, 0.3) is 0 Å². The summed E-state index contributed by atoms with van der Waals surface area (Å²) < 4.78 is 6.65. The van der Waals surface area contributed by atoms with Crippen LogP contribution in [0, 0.1) is 5.92 Å². The molecule has 0 N–H and O–H groups in total. The predicted octanol–water partition coefficient (Wildman–Crippen LogP) is 8.36. The molecule has 0 radical (unpaired) electrons. The van der Waals surface area contributed by atoms with Gasteiger partial charge in [0, 0.05) is 12.5 Å². The smallest absolute Gasteiger partial charge is 0.325 e. The minimum atomic E-state index is 0.398. The van der Waals surface area contributed by atoms with Gasteiger partial charge < -0.3 is 4.65 Å². The average molecular weight is 395 g/mol. The van der Waals surface area contributed by atoms with Gasteiger partial charge in [0.25, 0.3) is 0 Å². The van der Waals surface area contributed by atoms with Crippen molar-refractivity contribution in [2.75, 3.05) is 12.5 Å². The van der Waals surface area contributed by atoms with Gasteiger partial charge >= 0.3 is 6.92 Å². The topological polar surface area (TPSA) is 9.23 Å². The minimum Gasteiger partial charge on any atom is -0.431 e. The molecule has 0 spiro atoms. The van der Waals surface area contributed by atoms with Gasteiger partial charge in [-0.05, 0) is 50.3 Å². The number of hydrogen-bond donors (Lipinski definition) is 0. The molecule has 0 heterocycles. The maximum absolute atomic E-state index is 6.65. The fourth-order valence-electron chi connectivity index (χ4n) is 5.14. The molecule has 156 valence electrons. The van der Waals surface area contributed by atoms with Crippen molar-refractivity contribution in [2.24, 2.45) is 5.92 Å². The lowest BCUT2D eigenvalue weighted by atomic mass is 9.43. The molecule has 2 rings (SSSR count). The Morgan fingerprint density at radius 1 is 0.889 bits per heavy atom. The molecule has 0 atom stereocenters. The molecule has 0 aliphatic heterocycles. The molecule has 2 saturated carbocycles. The van der Waals surface area contributed by atoms with Gasteiger partial charge in [-0.3, -0.25) is 0 Å². The van der Waals surface area contributed by atoms with E-state index in [4.69, 9.17) is 16.3 Å². The summed E-state index contributed by atoms with van der Waals surface area (Å²) in [6.45, 7) is 3.60. The average Bonchev–Trinajstić information content (AvgIpc) is 2.73. The number of halogens is 1. The van der Waals surface area contributed by atoms with Crippen molar-refractivity contribution in [2.45, 2.75) is 122 Å². The Hall–Kier alpha value is 0.0549. The van der Waals surface area contributed by atoms with E-state index in [1.165, 1.54) is 96.3 Å². The van der Waals surface area contributed by atoms with Crippen LogP contribution in [-0.4, -0.2) is 19.4 Å². The molecule has 0 aromatic heterocycles. The fourth-order valence-corrected chi connectivity index (χ4v) is 5.33. The van der Waals surface area contributed by atoms with Gasteiger partial charge in [-0.15, -0.1) is 11.6 Å². The van der Waals surface area contributed by atoms with E-state index in [1.807, 2.05) is 0 Å². The fraction of sp³-hybridized carbons (Fsp3) is 0.917. The van der Waals surface area contributed by atoms with Crippen LogP contribution in [0.15, 0.2) is 11.5 Å². The summed E-state index contributed by atoms with van der Waals surface area (Å²) in [5, 5.41) is 0. The highest BCUT2D eigenvalue weighted by Crippen LogP contribution is 2.40. The Morgan fingerprint density at radius 3 is 2.26 bits per heavy atom. The number of alkyl halides is 1. The lowest BCUT2D eigenvalue weighted by molar-refractivity contribution is 0.291. The lowest BCUT2D eigenvalue weighted by Gasteiger charge is -2.34. The quantitative estimate of drug-likeness (QED) is 0.173. The Labute approximate surface area is 175 Å². The summed E-state index contributed by atoms with van der Waals surface area (Å²) in [5.74, 6) is 2.32. The van der Waals surface area contributed by atoms with E-state index in [9.17, 15) is 0 Å². The number of unbranched alkanes of at least 4 members (excludes halogenated alkanes) is 5. The van der Waals surface area contributed by atoms with Crippen LogP contribution >= 0.6 is 11.6 Å². The van der Waals surface area contributed by atoms with E-state index in [1.54, 1.807) is 5.47 Å². The molecule has 0 saturated heterocycles. The third-order valence-corrected chi connectivity index (χ3v) is 7.01. The molecule has 1 nitrogen and oxygen atoms in total. The van der Waals surface area contributed by atoms with Gasteiger partial charge in [-0.25, -0.2) is 0 Å². The van der Waals surface area contributed by atoms with Gasteiger partial charge in [0.05, 0.1) is 0 Å². The van der Waals surface area contributed by atoms with Crippen molar-refractivity contribution in [3.05, 3.63) is 11.5 Å². The van der Waals surface area contributed by atoms with Gasteiger partial charge in [0.2, 0.25) is 0 Å². The van der Waals surface area contributed by atoms with Crippen LogP contribution in [-0.2, 0) is 4.65 Å². The maximum atomic E-state index is 6.65. The highest BCUT2D eigenvalue weighted by Gasteiger charge is 2.35. The normalized spacial score (nSPS) is 20.1. The van der Waals surface area contributed by atoms with Crippen molar-refractivity contribution in [3.63, 3.8) is 0 Å². The molecule has 0 amide bonds. The van der Waals surface area contributed by atoms with Crippen LogP contribution < -0.4 is 0 Å². The first kappa shape index (κ1) is 23.3. The first-order valence-corrected chi connectivity index (χ1v) is 12.8. The van der Waals surface area contributed by atoms with Crippen molar-refractivity contribution in [1.82, 2.24) is 0 Å². The monoisotopic (exact) mass is 394 g/mol. The van der Waals surface area contributed by atoms with Crippen LogP contribution in [0.4, 0.5) is 0 Å². The molecule has 0 aromatic rings. The lowest BCUT2D eigenvalue weighted by Crippen LogP contribution is -2.34. The minimum absolute atomic E-state index is 0.398. The summed E-state index contributed by atoms with van der Waals surface area (Å²) in [7, 11) is 0. The molecule has 27 heavy (non-hydrogen) atoms. The Morgan fingerprint density at radius 2 is 1.59 bits per heavy atom. The third-order valence-electron chi connectivity index (χ3n) is 6.75. The van der Waals surface area contributed by atoms with Crippen LogP contribution in [0.1, 0.15) is 116 Å². The van der Waals surface area contributed by atoms with E-state index in [0.717, 1.165) is 37.1 Å². The van der Waals surface area contributed by atoms with Gasteiger partial charge in [-0.2, -0.15) is 0 Å². The van der Waals surface area contributed by atoms with Gasteiger partial charge in [0.1, 0.15) is 0 Å². The zero-order chi connectivity index (χ0) is 19.2. The van der Waals surface area contributed by atoms with E-state index in [-0.39, 0.29) is 0 Å².